The molecule has 0 N–H and O–H groups in total. The summed E-state index contributed by atoms with van der Waals surface area (Å²) in [6, 6.07) is 7.10. The second-order valence-electron chi connectivity index (χ2n) is 7.35. The van der Waals surface area contributed by atoms with Crippen LogP contribution < -0.4 is 9.64 Å². The Balaban J connectivity index is 1.82. The van der Waals surface area contributed by atoms with Crippen LogP contribution >= 0.6 is 11.8 Å². The van der Waals surface area contributed by atoms with Crippen molar-refractivity contribution in [3.05, 3.63) is 23.8 Å². The highest BCUT2D eigenvalue weighted by Crippen LogP contribution is 2.34. The molecule has 0 radical (unpaired) electrons. The van der Waals surface area contributed by atoms with Crippen LogP contribution in [0.2, 0.25) is 0 Å². The average molecular weight is 492 g/mol. The summed E-state index contributed by atoms with van der Waals surface area (Å²) in [4.78, 5) is 11.3. The molecule has 0 saturated carbocycles. The molecule has 4 rings (SSSR count). The van der Waals surface area contributed by atoms with E-state index in [0.29, 0.717) is 67.3 Å². The number of hydrogen-bond donors (Lipinski definition) is 0. The standard InChI is InChI=1S/C21H25N5O5S2/c1-29-17-4-3-15(13-18(17)33(27,28)26-7-11-31-12-8-26)19-23-20(25-5-9-30-10-6-25)16(14-22)21(24-19)32-2/h3-4,13H,5-12H2,1-2H3. The van der Waals surface area contributed by atoms with Crippen LogP contribution in [0, 0.1) is 11.3 Å². The van der Waals surface area contributed by atoms with E-state index in [0.717, 1.165) is 0 Å². The summed E-state index contributed by atoms with van der Waals surface area (Å²) in [6.45, 7) is 3.56. The van der Waals surface area contributed by atoms with Crippen LogP contribution in [0.4, 0.5) is 5.82 Å². The Bertz CT molecular complexity index is 1160. The van der Waals surface area contributed by atoms with Gasteiger partial charge in [-0.15, -0.1) is 11.8 Å². The maximum atomic E-state index is 13.4. The summed E-state index contributed by atoms with van der Waals surface area (Å²) in [7, 11) is -2.37. The van der Waals surface area contributed by atoms with Gasteiger partial charge in [-0.3, -0.25) is 0 Å². The van der Waals surface area contributed by atoms with E-state index in [1.165, 1.54) is 29.2 Å². The van der Waals surface area contributed by atoms with Crippen LogP contribution in [-0.4, -0.2) is 88.7 Å². The Morgan fingerprint density at radius 1 is 1.09 bits per heavy atom. The molecule has 0 unspecified atom stereocenters. The number of rotatable bonds is 6. The van der Waals surface area contributed by atoms with Gasteiger partial charge in [0.1, 0.15) is 27.3 Å². The number of thioether (sulfide) groups is 1. The van der Waals surface area contributed by atoms with Crippen LogP contribution in [0.15, 0.2) is 28.1 Å². The summed E-state index contributed by atoms with van der Waals surface area (Å²) in [5.74, 6) is 1.13. The lowest BCUT2D eigenvalue weighted by Gasteiger charge is -2.29. The lowest BCUT2D eigenvalue weighted by atomic mass is 10.2. The zero-order chi connectivity index (χ0) is 23.4. The molecule has 2 fully saturated rings. The molecular weight excluding hydrogens is 466 g/mol. The van der Waals surface area contributed by atoms with Crippen LogP contribution in [0.25, 0.3) is 11.4 Å². The van der Waals surface area contributed by atoms with Crippen molar-refractivity contribution in [3.63, 3.8) is 0 Å². The smallest absolute Gasteiger partial charge is 0.246 e. The molecule has 0 amide bonds. The summed E-state index contributed by atoms with van der Waals surface area (Å²) in [5.41, 5.74) is 0.930. The second-order valence-corrected chi connectivity index (χ2v) is 10.0. The van der Waals surface area contributed by atoms with Crippen molar-refractivity contribution < 1.29 is 22.6 Å². The van der Waals surface area contributed by atoms with E-state index in [9.17, 15) is 13.7 Å². The molecule has 3 heterocycles. The third kappa shape index (κ3) is 4.78. The molecule has 2 saturated heterocycles. The Morgan fingerprint density at radius 2 is 1.76 bits per heavy atom. The van der Waals surface area contributed by atoms with Gasteiger partial charge in [-0.2, -0.15) is 9.57 Å². The van der Waals surface area contributed by atoms with E-state index in [1.807, 2.05) is 11.2 Å². The zero-order valence-corrected chi connectivity index (χ0v) is 20.1. The van der Waals surface area contributed by atoms with Crippen molar-refractivity contribution in [1.82, 2.24) is 14.3 Å². The number of nitrogens with zero attached hydrogens (tertiary/aromatic N) is 5. The zero-order valence-electron chi connectivity index (χ0n) is 18.5. The minimum Gasteiger partial charge on any atom is -0.495 e. The van der Waals surface area contributed by atoms with Crippen molar-refractivity contribution in [1.29, 1.82) is 5.26 Å². The lowest BCUT2D eigenvalue weighted by molar-refractivity contribution is 0.0729. The summed E-state index contributed by atoms with van der Waals surface area (Å²) < 4.78 is 44.2. The number of benzene rings is 1. The molecule has 2 aliphatic heterocycles. The molecule has 0 atom stereocenters. The third-order valence-corrected chi connectivity index (χ3v) is 8.08. The summed E-state index contributed by atoms with van der Waals surface area (Å²) in [6.07, 6.45) is 1.85. The number of methoxy groups -OCH3 is 1. The maximum Gasteiger partial charge on any atom is 0.246 e. The number of ether oxygens (including phenoxy) is 3. The van der Waals surface area contributed by atoms with E-state index < -0.39 is 10.0 Å². The number of anilines is 1. The van der Waals surface area contributed by atoms with E-state index in [1.54, 1.807) is 12.1 Å². The van der Waals surface area contributed by atoms with E-state index >= 15 is 0 Å². The minimum absolute atomic E-state index is 0.0518. The van der Waals surface area contributed by atoms with Gasteiger partial charge in [-0.05, 0) is 24.5 Å². The quantitative estimate of drug-likeness (QED) is 0.435. The first-order valence-corrected chi connectivity index (χ1v) is 13.1. The normalized spacial score (nSPS) is 17.5. The molecule has 1 aromatic carbocycles. The topological polar surface area (TPSA) is 118 Å². The van der Waals surface area contributed by atoms with Gasteiger partial charge >= 0.3 is 0 Å². The predicted molar refractivity (Wildman–Crippen MR) is 123 cm³/mol. The van der Waals surface area contributed by atoms with Gasteiger partial charge in [0.15, 0.2) is 11.6 Å². The highest BCUT2D eigenvalue weighted by atomic mass is 32.2. The lowest BCUT2D eigenvalue weighted by Crippen LogP contribution is -2.40. The van der Waals surface area contributed by atoms with Crippen molar-refractivity contribution in [2.75, 3.05) is 70.9 Å². The summed E-state index contributed by atoms with van der Waals surface area (Å²) in [5, 5.41) is 10.3. The molecule has 0 bridgehead atoms. The monoisotopic (exact) mass is 491 g/mol. The molecule has 176 valence electrons. The Labute approximate surface area is 197 Å². The molecule has 0 aliphatic carbocycles. The van der Waals surface area contributed by atoms with Crippen molar-refractivity contribution in [2.45, 2.75) is 9.92 Å². The number of aromatic nitrogens is 2. The van der Waals surface area contributed by atoms with Crippen LogP contribution in [0.1, 0.15) is 5.56 Å². The van der Waals surface area contributed by atoms with Crippen molar-refractivity contribution >= 4 is 27.6 Å². The van der Waals surface area contributed by atoms with Crippen LogP contribution in [-0.2, 0) is 19.5 Å². The fourth-order valence-corrected chi connectivity index (χ4v) is 5.86. The van der Waals surface area contributed by atoms with Gasteiger partial charge in [0.05, 0.1) is 33.5 Å². The van der Waals surface area contributed by atoms with Crippen molar-refractivity contribution in [2.24, 2.45) is 0 Å². The van der Waals surface area contributed by atoms with E-state index in [2.05, 4.69) is 11.1 Å². The largest absolute Gasteiger partial charge is 0.495 e. The molecule has 2 aromatic rings. The van der Waals surface area contributed by atoms with Gasteiger partial charge in [-0.1, -0.05) is 0 Å². The Hall–Kier alpha value is -2.43. The first-order valence-electron chi connectivity index (χ1n) is 10.4. The predicted octanol–water partition coefficient (Wildman–Crippen LogP) is 1.60. The molecule has 2 aliphatic rings. The number of sulfonamides is 1. The third-order valence-electron chi connectivity index (χ3n) is 5.48. The van der Waals surface area contributed by atoms with Gasteiger partial charge in [0.25, 0.3) is 0 Å². The van der Waals surface area contributed by atoms with Gasteiger partial charge < -0.3 is 19.1 Å². The molecule has 33 heavy (non-hydrogen) atoms. The second kappa shape index (κ2) is 10.2. The summed E-state index contributed by atoms with van der Waals surface area (Å²) >= 11 is 1.35. The first kappa shape index (κ1) is 23.7. The highest BCUT2D eigenvalue weighted by Gasteiger charge is 2.30. The highest BCUT2D eigenvalue weighted by molar-refractivity contribution is 7.98. The van der Waals surface area contributed by atoms with Gasteiger partial charge in [0, 0.05) is 31.7 Å². The molecule has 0 spiro atoms. The number of morpholine rings is 2. The fraction of sp³-hybridized carbons (Fsp3) is 0.476. The molecule has 12 heteroatoms. The minimum atomic E-state index is -3.81. The van der Waals surface area contributed by atoms with Crippen molar-refractivity contribution in [3.8, 4) is 23.2 Å². The maximum absolute atomic E-state index is 13.4. The van der Waals surface area contributed by atoms with Gasteiger partial charge in [-0.25, -0.2) is 18.4 Å². The van der Waals surface area contributed by atoms with E-state index in [-0.39, 0.29) is 23.7 Å². The van der Waals surface area contributed by atoms with Crippen LogP contribution in [0.5, 0.6) is 5.75 Å². The molecular formula is C21H25N5O5S2. The molecule has 1 aromatic heterocycles. The number of hydrogen-bond acceptors (Lipinski definition) is 10. The average Bonchev–Trinajstić information content (AvgIpc) is 2.88. The molecule has 10 nitrogen and oxygen atoms in total. The Kier molecular flexibility index (Phi) is 7.35. The van der Waals surface area contributed by atoms with Gasteiger partial charge in [0.2, 0.25) is 10.0 Å². The number of nitriles is 1. The fourth-order valence-electron chi connectivity index (χ4n) is 3.75. The van der Waals surface area contributed by atoms with Crippen LogP contribution in [0.3, 0.4) is 0 Å². The van der Waals surface area contributed by atoms with E-state index in [4.69, 9.17) is 19.2 Å². The first-order chi connectivity index (χ1) is 16.0. The Morgan fingerprint density at radius 3 is 2.36 bits per heavy atom. The SMILES string of the molecule is COc1ccc(-c2nc(SC)c(C#N)c(N3CCOCC3)n2)cc1S(=O)(=O)N1CCOCC1.